The van der Waals surface area contributed by atoms with Crippen LogP contribution in [0.15, 0.2) is 45.3 Å². The van der Waals surface area contributed by atoms with Gasteiger partial charge in [-0.2, -0.15) is 0 Å². The summed E-state index contributed by atoms with van der Waals surface area (Å²) in [6.07, 6.45) is 0. The van der Waals surface area contributed by atoms with Gasteiger partial charge in [-0.25, -0.2) is 0 Å². The Hall–Kier alpha value is -3.76. The van der Waals surface area contributed by atoms with E-state index in [1.165, 1.54) is 24.3 Å². The van der Waals surface area contributed by atoms with E-state index in [2.05, 4.69) is 31.9 Å². The molecule has 5 aromatic carbocycles. The van der Waals surface area contributed by atoms with Crippen molar-refractivity contribution < 1.29 is 19.2 Å². The zero-order valence-electron chi connectivity index (χ0n) is 17.2. The Morgan fingerprint density at radius 1 is 0.471 bits per heavy atom. The fourth-order valence-corrected chi connectivity index (χ4v) is 6.09. The third kappa shape index (κ3) is 2.82. The summed E-state index contributed by atoms with van der Waals surface area (Å²) in [4.78, 5) is 49.3. The number of carbonyl (C=O) groups excluding carboxylic acids is 4. The summed E-state index contributed by atoms with van der Waals surface area (Å²) in [6, 6.07) is 9.50. The first kappa shape index (κ1) is 22.1. The average molecular weight is 582 g/mol. The zero-order chi connectivity index (χ0) is 24.6. The van der Waals surface area contributed by atoms with Gasteiger partial charge in [0, 0.05) is 63.5 Å². The number of benzene rings is 5. The number of fused-ring (bicyclic) bond motifs is 2. The van der Waals surface area contributed by atoms with Crippen molar-refractivity contribution in [2.24, 2.45) is 22.9 Å². The van der Waals surface area contributed by atoms with Gasteiger partial charge in [-0.3, -0.25) is 19.2 Å². The standard InChI is InChI=1S/C24H14Br2N4O4/c25-13-5-12(24(30)34)16-10(22(28)32)4-2-8-18-14(26)6-11(23(29)33)15-9(21(27)31)3-1-7(19(15)18)17(13)20(8)16/h1-6H,(H2,27,31)(H2,28,32)(H2,29,33)(H2,30,34). The molecule has 8 N–H and O–H groups in total. The molecule has 0 aliphatic heterocycles. The van der Waals surface area contributed by atoms with Gasteiger partial charge in [-0.1, -0.05) is 44.0 Å². The molecule has 4 amide bonds. The number of nitrogens with two attached hydrogens (primary N) is 4. The average Bonchev–Trinajstić information content (AvgIpc) is 2.77. The lowest BCUT2D eigenvalue weighted by molar-refractivity contribution is 0.0988. The van der Waals surface area contributed by atoms with Crippen molar-refractivity contribution in [3.8, 4) is 0 Å². The highest BCUT2D eigenvalue weighted by Crippen LogP contribution is 2.48. The molecule has 0 heterocycles. The summed E-state index contributed by atoms with van der Waals surface area (Å²) in [5.41, 5.74) is 23.1. The smallest absolute Gasteiger partial charge is 0.249 e. The molecular weight excluding hydrogens is 568 g/mol. The van der Waals surface area contributed by atoms with Gasteiger partial charge in [0.2, 0.25) is 23.6 Å². The normalized spacial score (nSPS) is 11.6. The summed E-state index contributed by atoms with van der Waals surface area (Å²) in [5.74, 6) is -2.89. The van der Waals surface area contributed by atoms with Crippen LogP contribution in [-0.4, -0.2) is 23.6 Å². The van der Waals surface area contributed by atoms with Gasteiger partial charge in [0.15, 0.2) is 0 Å². The first-order chi connectivity index (χ1) is 16.0. The summed E-state index contributed by atoms with van der Waals surface area (Å²) in [7, 11) is 0. The highest BCUT2D eigenvalue weighted by molar-refractivity contribution is 9.11. The van der Waals surface area contributed by atoms with E-state index in [0.717, 1.165) is 0 Å². The molecule has 5 aromatic rings. The minimum absolute atomic E-state index is 0.125. The molecular formula is C24H14Br2N4O4. The molecule has 8 nitrogen and oxygen atoms in total. The first-order valence-corrected chi connectivity index (χ1v) is 11.4. The number of hydrogen-bond acceptors (Lipinski definition) is 4. The molecule has 0 aliphatic rings. The molecule has 0 unspecified atom stereocenters. The van der Waals surface area contributed by atoms with Crippen LogP contribution in [0.25, 0.3) is 43.1 Å². The van der Waals surface area contributed by atoms with E-state index in [9.17, 15) is 19.2 Å². The Labute approximate surface area is 207 Å². The van der Waals surface area contributed by atoms with Crippen LogP contribution in [0.2, 0.25) is 0 Å². The Morgan fingerprint density at radius 2 is 0.794 bits per heavy atom. The van der Waals surface area contributed by atoms with Crippen molar-refractivity contribution in [1.82, 2.24) is 0 Å². The maximum absolute atomic E-state index is 12.4. The van der Waals surface area contributed by atoms with E-state index in [4.69, 9.17) is 22.9 Å². The van der Waals surface area contributed by atoms with Crippen molar-refractivity contribution in [1.29, 1.82) is 0 Å². The fraction of sp³-hybridized carbons (Fsp3) is 0. The minimum Gasteiger partial charge on any atom is -0.366 e. The van der Waals surface area contributed by atoms with E-state index < -0.39 is 23.6 Å². The molecule has 0 radical (unpaired) electrons. The lowest BCUT2D eigenvalue weighted by Gasteiger charge is -2.21. The quantitative estimate of drug-likeness (QED) is 0.187. The van der Waals surface area contributed by atoms with Crippen LogP contribution in [0.4, 0.5) is 0 Å². The summed E-state index contributed by atoms with van der Waals surface area (Å²) < 4.78 is 1.05. The monoisotopic (exact) mass is 580 g/mol. The van der Waals surface area contributed by atoms with Gasteiger partial charge in [-0.15, -0.1) is 0 Å². The maximum Gasteiger partial charge on any atom is 0.249 e. The second kappa shape index (κ2) is 7.37. The molecule has 0 saturated heterocycles. The number of halogens is 2. The second-order valence-corrected chi connectivity index (χ2v) is 9.55. The van der Waals surface area contributed by atoms with Crippen molar-refractivity contribution in [2.45, 2.75) is 0 Å². The molecule has 0 fully saturated rings. The maximum atomic E-state index is 12.4. The lowest BCUT2D eigenvalue weighted by atomic mass is 9.84. The zero-order valence-corrected chi connectivity index (χ0v) is 20.3. The molecule has 0 atom stereocenters. The Kier molecular flexibility index (Phi) is 4.78. The molecule has 0 aromatic heterocycles. The van der Waals surface area contributed by atoms with Gasteiger partial charge in [0.25, 0.3) is 0 Å². The van der Waals surface area contributed by atoms with Gasteiger partial charge in [0.05, 0.1) is 0 Å². The fourth-order valence-electron chi connectivity index (χ4n) is 4.81. The number of hydrogen-bond donors (Lipinski definition) is 4. The van der Waals surface area contributed by atoms with E-state index >= 15 is 0 Å². The van der Waals surface area contributed by atoms with Crippen molar-refractivity contribution >= 4 is 98.6 Å². The van der Waals surface area contributed by atoms with E-state index in [0.29, 0.717) is 52.0 Å². The number of amides is 4. The molecule has 168 valence electrons. The van der Waals surface area contributed by atoms with Crippen LogP contribution in [0.1, 0.15) is 41.4 Å². The van der Waals surface area contributed by atoms with Crippen molar-refractivity contribution in [3.05, 3.63) is 67.6 Å². The Bertz CT molecular complexity index is 1660. The van der Waals surface area contributed by atoms with Crippen LogP contribution in [0, 0.1) is 0 Å². The largest absolute Gasteiger partial charge is 0.366 e. The molecule has 0 spiro atoms. The molecule has 10 heteroatoms. The number of primary amides is 4. The third-order valence-corrected chi connectivity index (χ3v) is 7.32. The van der Waals surface area contributed by atoms with Gasteiger partial charge in [-0.05, 0) is 35.0 Å². The van der Waals surface area contributed by atoms with Crippen LogP contribution in [0.5, 0.6) is 0 Å². The molecule has 0 aliphatic carbocycles. The Morgan fingerprint density at radius 3 is 1.09 bits per heavy atom. The van der Waals surface area contributed by atoms with Crippen LogP contribution < -0.4 is 22.9 Å². The molecule has 5 rings (SSSR count). The highest BCUT2D eigenvalue weighted by atomic mass is 79.9. The lowest BCUT2D eigenvalue weighted by Crippen LogP contribution is -2.17. The number of rotatable bonds is 4. The van der Waals surface area contributed by atoms with E-state index in [1.807, 2.05) is 0 Å². The second-order valence-electron chi connectivity index (χ2n) is 7.84. The summed E-state index contributed by atoms with van der Waals surface area (Å²) in [5, 5.41) is 4.35. The van der Waals surface area contributed by atoms with Gasteiger partial charge < -0.3 is 22.9 Å². The van der Waals surface area contributed by atoms with Crippen LogP contribution in [-0.2, 0) is 0 Å². The van der Waals surface area contributed by atoms with Crippen LogP contribution in [0.3, 0.4) is 0 Å². The predicted octanol–water partition coefficient (Wildman–Crippen LogP) is 3.66. The summed E-state index contributed by atoms with van der Waals surface area (Å²) in [6.45, 7) is 0. The molecule has 0 bridgehead atoms. The highest BCUT2D eigenvalue weighted by Gasteiger charge is 2.26. The summed E-state index contributed by atoms with van der Waals surface area (Å²) >= 11 is 7.08. The van der Waals surface area contributed by atoms with Crippen molar-refractivity contribution in [2.75, 3.05) is 0 Å². The molecule has 34 heavy (non-hydrogen) atoms. The number of carbonyl (C=O) groups is 4. The minimum atomic E-state index is -0.727. The third-order valence-electron chi connectivity index (χ3n) is 6.07. The van der Waals surface area contributed by atoms with E-state index in [-0.39, 0.29) is 22.3 Å². The topological polar surface area (TPSA) is 172 Å². The van der Waals surface area contributed by atoms with Crippen molar-refractivity contribution in [3.63, 3.8) is 0 Å². The van der Waals surface area contributed by atoms with Gasteiger partial charge in [0.1, 0.15) is 0 Å². The van der Waals surface area contributed by atoms with Gasteiger partial charge >= 0.3 is 0 Å². The molecule has 0 saturated carbocycles. The predicted molar refractivity (Wildman–Crippen MR) is 137 cm³/mol. The van der Waals surface area contributed by atoms with Crippen LogP contribution >= 0.6 is 31.9 Å². The SMILES string of the molecule is NC(=O)c1ccc2c3c(Br)cc(C(N)=O)c4c(C(N)=O)ccc(c5c(Br)cc(C(N)=O)c1c25)c43. The Balaban J connectivity index is 2.25. The van der Waals surface area contributed by atoms with E-state index in [1.54, 1.807) is 12.1 Å². The first-order valence-electron chi connectivity index (χ1n) is 9.83.